The lowest BCUT2D eigenvalue weighted by Gasteiger charge is -2.35. The van der Waals surface area contributed by atoms with E-state index in [9.17, 15) is 13.2 Å². The molecule has 0 N–H and O–H groups in total. The average Bonchev–Trinajstić information content (AvgIpc) is 3.21. The molecule has 1 unspecified atom stereocenters. The summed E-state index contributed by atoms with van der Waals surface area (Å²) >= 11 is 0. The van der Waals surface area contributed by atoms with Crippen LogP contribution in [-0.4, -0.2) is 67.9 Å². The zero-order valence-corrected chi connectivity index (χ0v) is 17.2. The minimum atomic E-state index is -3.75. The number of carbonyl (C=O) groups is 1. The van der Waals surface area contributed by atoms with Gasteiger partial charge < -0.3 is 14.5 Å². The van der Waals surface area contributed by atoms with Crippen molar-refractivity contribution in [1.82, 2.24) is 14.1 Å². The maximum absolute atomic E-state index is 13.4. The maximum Gasteiger partial charge on any atom is 0.321 e. The van der Waals surface area contributed by atoms with Crippen molar-refractivity contribution < 1.29 is 17.9 Å². The number of urea groups is 1. The quantitative estimate of drug-likeness (QED) is 0.772. The minimum Gasteiger partial charge on any atom is -0.378 e. The molecule has 2 aromatic carbocycles. The highest BCUT2D eigenvalue weighted by Crippen LogP contribution is 2.35. The Balaban J connectivity index is 1.70. The maximum atomic E-state index is 13.4. The Bertz CT molecular complexity index is 957. The highest BCUT2D eigenvalue weighted by atomic mass is 32.2. The number of carbonyl (C=O) groups excluding carboxylic acids is 1. The summed E-state index contributed by atoms with van der Waals surface area (Å²) in [6.45, 7) is 4.56. The van der Waals surface area contributed by atoms with Crippen LogP contribution in [0.2, 0.25) is 0 Å². The van der Waals surface area contributed by atoms with Crippen molar-refractivity contribution in [1.29, 1.82) is 0 Å². The van der Waals surface area contributed by atoms with E-state index in [1.165, 1.54) is 4.31 Å². The zero-order valence-electron chi connectivity index (χ0n) is 16.4. The highest BCUT2D eigenvalue weighted by molar-refractivity contribution is 7.89. The number of hydrogen-bond acceptors (Lipinski definition) is 4. The summed E-state index contributed by atoms with van der Waals surface area (Å²) in [5.41, 5.74) is 1.77. The Morgan fingerprint density at radius 3 is 2.24 bits per heavy atom. The Labute approximate surface area is 171 Å². The van der Waals surface area contributed by atoms with Crippen molar-refractivity contribution in [3.05, 3.63) is 65.7 Å². The molecule has 0 aromatic heterocycles. The van der Waals surface area contributed by atoms with Crippen LogP contribution in [0.15, 0.2) is 59.5 Å². The molecular weight excluding hydrogens is 390 g/mol. The molecule has 8 heteroatoms. The van der Waals surface area contributed by atoms with Crippen molar-refractivity contribution in [2.45, 2.75) is 18.0 Å². The Morgan fingerprint density at radius 2 is 1.59 bits per heavy atom. The molecule has 2 aliphatic heterocycles. The molecule has 2 fully saturated rings. The third-order valence-corrected chi connectivity index (χ3v) is 7.25. The molecule has 7 nitrogen and oxygen atoms in total. The second kappa shape index (κ2) is 8.14. The van der Waals surface area contributed by atoms with E-state index in [-0.39, 0.29) is 17.5 Å². The molecule has 29 heavy (non-hydrogen) atoms. The number of nitrogens with zero attached hydrogens (tertiary/aromatic N) is 3. The fourth-order valence-corrected chi connectivity index (χ4v) is 5.38. The summed E-state index contributed by atoms with van der Waals surface area (Å²) in [4.78, 5) is 16.8. The third-order valence-electron chi connectivity index (χ3n) is 5.38. The van der Waals surface area contributed by atoms with E-state index in [2.05, 4.69) is 0 Å². The Morgan fingerprint density at radius 1 is 0.931 bits per heavy atom. The molecule has 2 aromatic rings. The first-order valence-electron chi connectivity index (χ1n) is 9.75. The van der Waals surface area contributed by atoms with Gasteiger partial charge in [0.2, 0.25) is 10.0 Å². The molecule has 2 aliphatic rings. The van der Waals surface area contributed by atoms with Crippen molar-refractivity contribution in [2.75, 3.05) is 39.4 Å². The van der Waals surface area contributed by atoms with E-state index >= 15 is 0 Å². The van der Waals surface area contributed by atoms with E-state index in [1.807, 2.05) is 37.3 Å². The average molecular weight is 416 g/mol. The monoisotopic (exact) mass is 415 g/mol. The summed E-state index contributed by atoms with van der Waals surface area (Å²) in [7, 11) is -3.75. The van der Waals surface area contributed by atoms with E-state index in [0.29, 0.717) is 32.8 Å². The largest absolute Gasteiger partial charge is 0.378 e. The van der Waals surface area contributed by atoms with Gasteiger partial charge in [-0.05, 0) is 24.6 Å². The van der Waals surface area contributed by atoms with Gasteiger partial charge in [-0.3, -0.25) is 0 Å². The highest BCUT2D eigenvalue weighted by Gasteiger charge is 2.44. The van der Waals surface area contributed by atoms with Crippen molar-refractivity contribution >= 4 is 16.1 Å². The molecule has 2 amide bonds. The predicted molar refractivity (Wildman–Crippen MR) is 109 cm³/mol. The second-order valence-corrected chi connectivity index (χ2v) is 9.18. The topological polar surface area (TPSA) is 70.2 Å². The number of aryl methyl sites for hydroxylation is 1. The summed E-state index contributed by atoms with van der Waals surface area (Å²) < 4.78 is 33.6. The van der Waals surface area contributed by atoms with Gasteiger partial charge in [0, 0.05) is 26.2 Å². The van der Waals surface area contributed by atoms with Gasteiger partial charge in [0.15, 0.2) is 0 Å². The van der Waals surface area contributed by atoms with Crippen LogP contribution in [0.4, 0.5) is 4.79 Å². The first-order chi connectivity index (χ1) is 14.0. The lowest BCUT2D eigenvalue weighted by molar-refractivity contribution is 0.0400. The summed E-state index contributed by atoms with van der Waals surface area (Å²) in [6.07, 6.45) is -0.669. The standard InChI is InChI=1S/C21H25N3O4S/c1-17-7-9-19(10-8-17)29(26,27)24-12-11-23(20(24)18-5-3-2-4-6-18)21(25)22-13-15-28-16-14-22/h2-10,20H,11-16H2,1H3. The number of benzene rings is 2. The van der Waals surface area contributed by atoms with Gasteiger partial charge in [-0.25, -0.2) is 13.2 Å². The van der Waals surface area contributed by atoms with Crippen molar-refractivity contribution in [2.24, 2.45) is 0 Å². The fraction of sp³-hybridized carbons (Fsp3) is 0.381. The molecule has 0 aliphatic carbocycles. The number of hydrogen-bond donors (Lipinski definition) is 0. The Hall–Kier alpha value is -2.42. The van der Waals surface area contributed by atoms with Gasteiger partial charge in [0.05, 0.1) is 18.1 Å². The summed E-state index contributed by atoms with van der Waals surface area (Å²) in [5, 5.41) is 0. The van der Waals surface area contributed by atoms with Gasteiger partial charge in [0.25, 0.3) is 0 Å². The number of rotatable bonds is 3. The van der Waals surface area contributed by atoms with Crippen LogP contribution in [0.1, 0.15) is 17.3 Å². The molecule has 2 saturated heterocycles. The molecule has 0 spiro atoms. The molecule has 154 valence electrons. The zero-order chi connectivity index (χ0) is 20.4. The van der Waals surface area contributed by atoms with Gasteiger partial charge in [-0.2, -0.15) is 4.31 Å². The van der Waals surface area contributed by atoms with Crippen LogP contribution in [0.5, 0.6) is 0 Å². The van der Waals surface area contributed by atoms with E-state index < -0.39 is 16.2 Å². The van der Waals surface area contributed by atoms with Crippen LogP contribution < -0.4 is 0 Å². The smallest absolute Gasteiger partial charge is 0.321 e. The third kappa shape index (κ3) is 3.88. The van der Waals surface area contributed by atoms with Crippen LogP contribution in [0.3, 0.4) is 0 Å². The molecule has 4 rings (SSSR count). The Kier molecular flexibility index (Phi) is 5.58. The van der Waals surface area contributed by atoms with Gasteiger partial charge in [-0.15, -0.1) is 0 Å². The van der Waals surface area contributed by atoms with Crippen LogP contribution in [0, 0.1) is 6.92 Å². The molecule has 0 radical (unpaired) electrons. The van der Waals surface area contributed by atoms with E-state index in [4.69, 9.17) is 4.74 Å². The summed E-state index contributed by atoms with van der Waals surface area (Å²) in [6, 6.07) is 16.0. The molecule has 2 heterocycles. The number of amides is 2. The molecule has 0 bridgehead atoms. The molecule has 0 saturated carbocycles. The van der Waals surface area contributed by atoms with Gasteiger partial charge >= 0.3 is 6.03 Å². The lowest BCUT2D eigenvalue weighted by Crippen LogP contribution is -2.49. The number of ether oxygens (including phenoxy) is 1. The van der Waals surface area contributed by atoms with Crippen molar-refractivity contribution in [3.8, 4) is 0 Å². The second-order valence-electron chi connectivity index (χ2n) is 7.29. The van der Waals surface area contributed by atoms with Gasteiger partial charge in [0.1, 0.15) is 6.17 Å². The van der Waals surface area contributed by atoms with Gasteiger partial charge in [-0.1, -0.05) is 48.0 Å². The first kappa shape index (κ1) is 19.9. The van der Waals surface area contributed by atoms with Crippen molar-refractivity contribution in [3.63, 3.8) is 0 Å². The van der Waals surface area contributed by atoms with Crippen LogP contribution in [0.25, 0.3) is 0 Å². The summed E-state index contributed by atoms with van der Waals surface area (Å²) in [5.74, 6) is 0. The van der Waals surface area contributed by atoms with Crippen LogP contribution >= 0.6 is 0 Å². The SMILES string of the molecule is Cc1ccc(S(=O)(=O)N2CCN(C(=O)N3CCOCC3)C2c2ccccc2)cc1. The molecular formula is C21H25N3O4S. The van der Waals surface area contributed by atoms with E-state index in [0.717, 1.165) is 11.1 Å². The number of sulfonamides is 1. The first-order valence-corrected chi connectivity index (χ1v) is 11.2. The molecule has 1 atom stereocenters. The predicted octanol–water partition coefficient (Wildman–Crippen LogP) is 2.45. The minimum absolute atomic E-state index is 0.149. The van der Waals surface area contributed by atoms with Crippen LogP contribution in [-0.2, 0) is 14.8 Å². The van der Waals surface area contributed by atoms with E-state index in [1.54, 1.807) is 34.1 Å². The normalized spacial score (nSPS) is 20.8. The fourth-order valence-electron chi connectivity index (χ4n) is 3.81. The number of morpholine rings is 1. The lowest BCUT2D eigenvalue weighted by atomic mass is 10.1.